The number of aliphatic hydroxyl groups is 1. The second kappa shape index (κ2) is 7.89. The van der Waals surface area contributed by atoms with Crippen molar-refractivity contribution in [2.24, 2.45) is 51.2 Å². The van der Waals surface area contributed by atoms with Crippen LogP contribution in [0.1, 0.15) is 120 Å². The summed E-state index contributed by atoms with van der Waals surface area (Å²) in [5.74, 6) is 3.95. The van der Waals surface area contributed by atoms with E-state index in [2.05, 4.69) is 61.5 Å². The van der Waals surface area contributed by atoms with Crippen LogP contribution in [-0.2, 0) is 0 Å². The molecule has 0 radical (unpaired) electrons. The molecule has 4 rings (SSSR count). The zero-order valence-corrected chi connectivity index (χ0v) is 22.1. The van der Waals surface area contributed by atoms with E-state index >= 15 is 0 Å². The Morgan fingerprint density at radius 1 is 0.935 bits per heavy atom. The van der Waals surface area contributed by atoms with E-state index in [-0.39, 0.29) is 11.5 Å². The Kier molecular flexibility index (Phi) is 6.07. The second-order valence-electron chi connectivity index (χ2n) is 14.1. The monoisotopic (exact) mass is 428 g/mol. The molecule has 0 spiro atoms. The van der Waals surface area contributed by atoms with Crippen LogP contribution in [0.4, 0.5) is 0 Å². The summed E-state index contributed by atoms with van der Waals surface area (Å²) in [6.07, 6.45) is 15.8. The van der Waals surface area contributed by atoms with Crippen LogP contribution in [0.15, 0.2) is 11.6 Å². The Bertz CT molecular complexity index is 703. The summed E-state index contributed by atoms with van der Waals surface area (Å²) in [6, 6.07) is 0. The van der Waals surface area contributed by atoms with Gasteiger partial charge in [-0.1, -0.05) is 86.3 Å². The lowest BCUT2D eigenvalue weighted by atomic mass is 9.41. The molecule has 0 heterocycles. The highest BCUT2D eigenvalue weighted by atomic mass is 16.3. The van der Waals surface area contributed by atoms with Crippen molar-refractivity contribution in [3.63, 3.8) is 0 Å². The van der Waals surface area contributed by atoms with Crippen LogP contribution in [0, 0.1) is 51.2 Å². The summed E-state index contributed by atoms with van der Waals surface area (Å²) in [5.41, 5.74) is 3.13. The maximum absolute atomic E-state index is 10.8. The van der Waals surface area contributed by atoms with Crippen molar-refractivity contribution < 1.29 is 5.11 Å². The summed E-state index contributed by atoms with van der Waals surface area (Å²) in [7, 11) is 0. The van der Waals surface area contributed by atoms with E-state index in [1.54, 1.807) is 0 Å². The molecule has 178 valence electrons. The van der Waals surface area contributed by atoms with Crippen LogP contribution in [0.2, 0.25) is 0 Å². The molecule has 0 aromatic carbocycles. The van der Waals surface area contributed by atoms with Crippen molar-refractivity contribution in [3.05, 3.63) is 11.6 Å². The van der Waals surface area contributed by atoms with Gasteiger partial charge in [0, 0.05) is 0 Å². The second-order valence-corrected chi connectivity index (χ2v) is 14.1. The zero-order valence-electron chi connectivity index (χ0n) is 22.1. The summed E-state index contributed by atoms with van der Waals surface area (Å²) in [6.45, 7) is 20.0. The van der Waals surface area contributed by atoms with Gasteiger partial charge < -0.3 is 5.11 Å². The Hall–Kier alpha value is -0.300. The number of fused-ring (bicyclic) bond motifs is 5. The Labute approximate surface area is 193 Å². The van der Waals surface area contributed by atoms with Gasteiger partial charge in [-0.25, -0.2) is 0 Å². The fourth-order valence-electron chi connectivity index (χ4n) is 9.70. The number of rotatable bonds is 5. The van der Waals surface area contributed by atoms with E-state index in [1.165, 1.54) is 57.8 Å². The Balaban J connectivity index is 1.60. The van der Waals surface area contributed by atoms with Gasteiger partial charge in [-0.15, -0.1) is 0 Å². The van der Waals surface area contributed by atoms with Crippen molar-refractivity contribution in [1.82, 2.24) is 0 Å². The predicted octanol–water partition coefficient (Wildman–Crippen LogP) is 8.41. The minimum absolute atomic E-state index is 0.0415. The van der Waals surface area contributed by atoms with Gasteiger partial charge in [-0.2, -0.15) is 0 Å². The first-order valence-electron chi connectivity index (χ1n) is 13.8. The fraction of sp³-hybridized carbons (Fsp3) is 0.933. The van der Waals surface area contributed by atoms with E-state index in [0.717, 1.165) is 30.1 Å². The largest absolute Gasteiger partial charge is 0.393 e. The smallest absolute Gasteiger partial charge is 0.0594 e. The quantitative estimate of drug-likeness (QED) is 0.436. The van der Waals surface area contributed by atoms with Gasteiger partial charge in [0.2, 0.25) is 0 Å². The maximum atomic E-state index is 10.8. The van der Waals surface area contributed by atoms with Gasteiger partial charge in [-0.3, -0.25) is 0 Å². The highest BCUT2D eigenvalue weighted by Crippen LogP contribution is 2.73. The minimum Gasteiger partial charge on any atom is -0.393 e. The first-order chi connectivity index (χ1) is 14.4. The lowest BCUT2D eigenvalue weighted by molar-refractivity contribution is -0.131. The third-order valence-corrected chi connectivity index (χ3v) is 12.0. The third-order valence-electron chi connectivity index (χ3n) is 12.0. The molecule has 0 unspecified atom stereocenters. The van der Waals surface area contributed by atoms with Gasteiger partial charge in [0.25, 0.3) is 0 Å². The van der Waals surface area contributed by atoms with Crippen LogP contribution in [0.25, 0.3) is 0 Å². The lowest BCUT2D eigenvalue weighted by Gasteiger charge is -2.64. The minimum atomic E-state index is -0.132. The van der Waals surface area contributed by atoms with Crippen molar-refractivity contribution in [3.8, 4) is 0 Å². The molecule has 0 bridgehead atoms. The van der Waals surface area contributed by atoms with Gasteiger partial charge >= 0.3 is 0 Å². The van der Waals surface area contributed by atoms with E-state index in [4.69, 9.17) is 0 Å². The summed E-state index contributed by atoms with van der Waals surface area (Å²) >= 11 is 0. The number of allylic oxidation sites excluding steroid dienone is 2. The average molecular weight is 429 g/mol. The van der Waals surface area contributed by atoms with Crippen LogP contribution in [-0.4, -0.2) is 11.2 Å². The SMILES string of the molecule is CC(C)CCC[C@H](C)[C@@H]1CC[C@]2(C)C3=CC[C@H]4C(C)(C)[C@H](O)CC[C@]4(C)[C@H]3CC[C@@]12C. The van der Waals surface area contributed by atoms with Crippen molar-refractivity contribution in [2.75, 3.05) is 0 Å². The van der Waals surface area contributed by atoms with Gasteiger partial charge in [0.1, 0.15) is 0 Å². The summed E-state index contributed by atoms with van der Waals surface area (Å²) in [4.78, 5) is 0. The lowest BCUT2D eigenvalue weighted by Crippen LogP contribution is -2.58. The number of hydrogen-bond acceptors (Lipinski definition) is 1. The molecular formula is C30H52O. The summed E-state index contributed by atoms with van der Waals surface area (Å²) in [5, 5.41) is 10.8. The molecule has 3 saturated carbocycles. The van der Waals surface area contributed by atoms with E-state index in [9.17, 15) is 5.11 Å². The van der Waals surface area contributed by atoms with E-state index in [1.807, 2.05) is 5.57 Å². The molecule has 1 N–H and O–H groups in total. The zero-order chi connectivity index (χ0) is 22.8. The normalized spacial score (nSPS) is 47.4. The Morgan fingerprint density at radius 2 is 1.65 bits per heavy atom. The van der Waals surface area contributed by atoms with Crippen LogP contribution in [0.5, 0.6) is 0 Å². The molecule has 1 heteroatoms. The molecular weight excluding hydrogens is 376 g/mol. The highest BCUT2D eigenvalue weighted by Gasteiger charge is 2.65. The molecule has 1 nitrogen and oxygen atoms in total. The molecule has 3 fully saturated rings. The molecule has 4 aliphatic carbocycles. The third kappa shape index (κ3) is 3.41. The molecule has 0 saturated heterocycles. The molecule has 4 aliphatic rings. The standard InChI is InChI=1S/C30H52O/c1-20(2)10-9-11-21(3)22-14-18-30(8)24-12-13-25-27(4,5)26(31)16-17-28(25,6)23(24)15-19-29(22,30)7/h12,20-23,25-26,31H,9-11,13-19H2,1-8H3/t21-,22-,23-,25-,26+,28+,29-,30+/m0/s1. The molecule has 8 atom stereocenters. The topological polar surface area (TPSA) is 20.2 Å². The van der Waals surface area contributed by atoms with Crippen molar-refractivity contribution >= 4 is 0 Å². The first kappa shape index (κ1) is 23.8. The van der Waals surface area contributed by atoms with Gasteiger partial charge in [0.05, 0.1) is 6.10 Å². The highest BCUT2D eigenvalue weighted by molar-refractivity contribution is 5.33. The van der Waals surface area contributed by atoms with Crippen LogP contribution < -0.4 is 0 Å². The van der Waals surface area contributed by atoms with Gasteiger partial charge in [-0.05, 0) is 96.2 Å². The first-order valence-corrected chi connectivity index (χ1v) is 13.8. The Morgan fingerprint density at radius 3 is 2.32 bits per heavy atom. The fourth-order valence-corrected chi connectivity index (χ4v) is 9.70. The van der Waals surface area contributed by atoms with E-state index in [0.29, 0.717) is 22.2 Å². The number of hydrogen-bond donors (Lipinski definition) is 1. The molecule has 31 heavy (non-hydrogen) atoms. The maximum Gasteiger partial charge on any atom is 0.0594 e. The van der Waals surface area contributed by atoms with Gasteiger partial charge in [0.15, 0.2) is 0 Å². The molecule has 0 amide bonds. The van der Waals surface area contributed by atoms with Crippen molar-refractivity contribution in [2.45, 2.75) is 126 Å². The molecule has 0 aromatic heterocycles. The average Bonchev–Trinajstić information content (AvgIpc) is 2.96. The van der Waals surface area contributed by atoms with Crippen molar-refractivity contribution in [1.29, 1.82) is 0 Å². The van der Waals surface area contributed by atoms with Crippen LogP contribution in [0.3, 0.4) is 0 Å². The molecule has 0 aromatic rings. The van der Waals surface area contributed by atoms with Crippen LogP contribution >= 0.6 is 0 Å². The summed E-state index contributed by atoms with van der Waals surface area (Å²) < 4.78 is 0. The van der Waals surface area contributed by atoms with E-state index < -0.39 is 0 Å². The number of aliphatic hydroxyl groups excluding tert-OH is 1. The predicted molar refractivity (Wildman–Crippen MR) is 133 cm³/mol. The molecule has 0 aliphatic heterocycles.